The lowest BCUT2D eigenvalue weighted by Gasteiger charge is -2.05. The van der Waals surface area contributed by atoms with Crippen molar-refractivity contribution < 1.29 is 8.78 Å². The Balaban J connectivity index is 2.11. The number of nitrogens with zero attached hydrogens (tertiary/aromatic N) is 2. The Labute approximate surface area is 122 Å². The summed E-state index contributed by atoms with van der Waals surface area (Å²) in [4.78, 5) is 0. The number of rotatable bonds is 2. The molecule has 2 aromatic carbocycles. The molecular formula is C14H9F2IN2. The molecule has 0 radical (unpaired) electrons. The molecule has 0 unspecified atom stereocenters. The molecule has 0 amide bonds. The second-order valence-electron chi connectivity index (χ2n) is 4.20. The Morgan fingerprint density at radius 3 is 2.68 bits per heavy atom. The van der Waals surface area contributed by atoms with Crippen molar-refractivity contribution in [3.05, 3.63) is 63.4 Å². The second-order valence-corrected chi connectivity index (χ2v) is 5.22. The summed E-state index contributed by atoms with van der Waals surface area (Å²) in [5.41, 5.74) is 1.21. The first-order chi connectivity index (χ1) is 9.15. The molecule has 19 heavy (non-hydrogen) atoms. The number of benzene rings is 2. The Morgan fingerprint density at radius 2 is 1.89 bits per heavy atom. The molecule has 0 aliphatic rings. The van der Waals surface area contributed by atoms with E-state index in [4.69, 9.17) is 0 Å². The van der Waals surface area contributed by atoms with Crippen LogP contribution in [0, 0.1) is 15.3 Å². The smallest absolute Gasteiger partial charge is 0.131 e. The molecule has 1 aromatic heterocycles. The third kappa shape index (κ3) is 2.34. The maximum absolute atomic E-state index is 13.6. The van der Waals surface area contributed by atoms with E-state index in [2.05, 4.69) is 27.7 Å². The Morgan fingerprint density at radius 1 is 1.11 bits per heavy atom. The third-order valence-corrected chi connectivity index (χ3v) is 3.74. The van der Waals surface area contributed by atoms with Gasteiger partial charge in [-0.15, -0.1) is 0 Å². The van der Waals surface area contributed by atoms with Gasteiger partial charge in [0.1, 0.15) is 15.3 Å². The van der Waals surface area contributed by atoms with Crippen LogP contribution in [0.2, 0.25) is 0 Å². The maximum Gasteiger partial charge on any atom is 0.131 e. The topological polar surface area (TPSA) is 17.8 Å². The zero-order valence-corrected chi connectivity index (χ0v) is 11.9. The van der Waals surface area contributed by atoms with Gasteiger partial charge in [-0.25, -0.2) is 8.78 Å². The molecule has 0 bridgehead atoms. The van der Waals surface area contributed by atoms with E-state index in [-0.39, 0.29) is 18.2 Å². The standard InChI is InChI=1S/C14H9F2IN2/c15-10-5-6-11-13(7-10)19(18-14(11)17)8-9-3-1-2-4-12(9)16/h1-7H,8H2. The van der Waals surface area contributed by atoms with Gasteiger partial charge in [-0.3, -0.25) is 4.68 Å². The zero-order chi connectivity index (χ0) is 13.4. The fourth-order valence-electron chi connectivity index (χ4n) is 2.02. The molecule has 0 spiro atoms. The minimum Gasteiger partial charge on any atom is -0.259 e. The van der Waals surface area contributed by atoms with Crippen molar-refractivity contribution in [3.8, 4) is 0 Å². The van der Waals surface area contributed by atoms with Gasteiger partial charge < -0.3 is 0 Å². The molecule has 3 rings (SSSR count). The molecule has 0 aliphatic heterocycles. The highest BCUT2D eigenvalue weighted by atomic mass is 127. The Bertz CT molecular complexity index is 752. The van der Waals surface area contributed by atoms with E-state index < -0.39 is 0 Å². The van der Waals surface area contributed by atoms with Crippen LogP contribution in [0.3, 0.4) is 0 Å². The van der Waals surface area contributed by atoms with Crippen molar-refractivity contribution in [2.45, 2.75) is 6.54 Å². The van der Waals surface area contributed by atoms with Gasteiger partial charge in [0.05, 0.1) is 12.1 Å². The molecule has 0 saturated heterocycles. The van der Waals surface area contributed by atoms with Gasteiger partial charge in [0.15, 0.2) is 0 Å². The van der Waals surface area contributed by atoms with Crippen molar-refractivity contribution in [1.29, 1.82) is 0 Å². The van der Waals surface area contributed by atoms with Crippen LogP contribution >= 0.6 is 22.6 Å². The van der Waals surface area contributed by atoms with E-state index in [1.807, 2.05) is 0 Å². The van der Waals surface area contributed by atoms with Gasteiger partial charge in [-0.1, -0.05) is 18.2 Å². The first-order valence-electron chi connectivity index (χ1n) is 5.70. The van der Waals surface area contributed by atoms with Gasteiger partial charge in [-0.05, 0) is 46.9 Å². The summed E-state index contributed by atoms with van der Waals surface area (Å²) in [6.07, 6.45) is 0. The summed E-state index contributed by atoms with van der Waals surface area (Å²) in [5.74, 6) is -0.601. The lowest BCUT2D eigenvalue weighted by molar-refractivity contribution is 0.588. The predicted octanol–water partition coefficient (Wildman–Crippen LogP) is 3.97. The number of hydrogen-bond acceptors (Lipinski definition) is 1. The van der Waals surface area contributed by atoms with E-state index >= 15 is 0 Å². The summed E-state index contributed by atoms with van der Waals surface area (Å²) >= 11 is 2.09. The first-order valence-corrected chi connectivity index (χ1v) is 6.78. The van der Waals surface area contributed by atoms with Crippen molar-refractivity contribution >= 4 is 33.5 Å². The lowest BCUT2D eigenvalue weighted by atomic mass is 10.2. The molecule has 5 heteroatoms. The molecule has 0 atom stereocenters. The number of fused-ring (bicyclic) bond motifs is 1. The fourth-order valence-corrected chi connectivity index (χ4v) is 2.73. The van der Waals surface area contributed by atoms with Gasteiger partial charge >= 0.3 is 0 Å². The highest BCUT2D eigenvalue weighted by Gasteiger charge is 2.11. The normalized spacial score (nSPS) is 11.1. The molecule has 0 saturated carbocycles. The number of halogens is 3. The minimum atomic E-state index is -0.321. The van der Waals surface area contributed by atoms with Crippen molar-refractivity contribution in [2.75, 3.05) is 0 Å². The van der Waals surface area contributed by atoms with E-state index in [9.17, 15) is 8.78 Å². The minimum absolute atomic E-state index is 0.280. The van der Waals surface area contributed by atoms with E-state index in [0.717, 1.165) is 9.09 Å². The zero-order valence-electron chi connectivity index (χ0n) is 9.78. The van der Waals surface area contributed by atoms with E-state index in [1.165, 1.54) is 18.2 Å². The molecule has 1 heterocycles. The highest BCUT2D eigenvalue weighted by Crippen LogP contribution is 2.22. The van der Waals surface area contributed by atoms with Gasteiger partial charge in [0, 0.05) is 10.9 Å². The van der Waals surface area contributed by atoms with Crippen LogP contribution in [0.4, 0.5) is 8.78 Å². The van der Waals surface area contributed by atoms with Crippen molar-refractivity contribution in [2.24, 2.45) is 0 Å². The predicted molar refractivity (Wildman–Crippen MR) is 77.9 cm³/mol. The summed E-state index contributed by atoms with van der Waals surface area (Å²) in [7, 11) is 0. The van der Waals surface area contributed by atoms with Crippen LogP contribution in [-0.2, 0) is 6.54 Å². The second kappa shape index (κ2) is 4.88. The SMILES string of the molecule is Fc1ccc2c(I)nn(Cc3ccccc3F)c2c1. The van der Waals surface area contributed by atoms with E-state index in [1.54, 1.807) is 28.9 Å². The van der Waals surface area contributed by atoms with Crippen LogP contribution in [0.15, 0.2) is 42.5 Å². The lowest BCUT2D eigenvalue weighted by Crippen LogP contribution is -2.03. The fraction of sp³-hybridized carbons (Fsp3) is 0.0714. The number of hydrogen-bond donors (Lipinski definition) is 0. The van der Waals surface area contributed by atoms with Crippen molar-refractivity contribution in [1.82, 2.24) is 9.78 Å². The van der Waals surface area contributed by atoms with Crippen LogP contribution in [-0.4, -0.2) is 9.78 Å². The van der Waals surface area contributed by atoms with Crippen molar-refractivity contribution in [3.63, 3.8) is 0 Å². The Hall–Kier alpha value is -1.50. The molecule has 0 fully saturated rings. The quantitative estimate of drug-likeness (QED) is 0.625. The number of aromatic nitrogens is 2. The maximum atomic E-state index is 13.6. The molecular weight excluding hydrogens is 361 g/mol. The summed E-state index contributed by atoms with van der Waals surface area (Å²) < 4.78 is 29.4. The summed E-state index contributed by atoms with van der Waals surface area (Å²) in [5, 5.41) is 5.21. The monoisotopic (exact) mass is 370 g/mol. The molecule has 3 aromatic rings. The third-order valence-electron chi connectivity index (χ3n) is 2.95. The Kier molecular flexibility index (Phi) is 3.22. The van der Waals surface area contributed by atoms with Crippen LogP contribution in [0.5, 0.6) is 0 Å². The average molecular weight is 370 g/mol. The largest absolute Gasteiger partial charge is 0.259 e. The molecule has 2 nitrogen and oxygen atoms in total. The van der Waals surface area contributed by atoms with Crippen LogP contribution in [0.25, 0.3) is 10.9 Å². The van der Waals surface area contributed by atoms with Gasteiger partial charge in [0.25, 0.3) is 0 Å². The average Bonchev–Trinajstić information content (AvgIpc) is 2.69. The first kappa shape index (κ1) is 12.5. The van der Waals surface area contributed by atoms with Crippen LogP contribution < -0.4 is 0 Å². The highest BCUT2D eigenvalue weighted by molar-refractivity contribution is 14.1. The van der Waals surface area contributed by atoms with Gasteiger partial charge in [0.2, 0.25) is 0 Å². The summed E-state index contributed by atoms with van der Waals surface area (Å²) in [6, 6.07) is 11.0. The van der Waals surface area contributed by atoms with Gasteiger partial charge in [-0.2, -0.15) is 5.10 Å². The summed E-state index contributed by atoms with van der Waals surface area (Å²) in [6.45, 7) is 0.287. The molecule has 0 N–H and O–H groups in total. The molecule has 0 aliphatic carbocycles. The van der Waals surface area contributed by atoms with E-state index in [0.29, 0.717) is 11.1 Å². The van der Waals surface area contributed by atoms with Crippen LogP contribution in [0.1, 0.15) is 5.56 Å². The molecule has 96 valence electrons.